The third kappa shape index (κ3) is 4.13. The number of carbonyl (C=O) groups excluding carboxylic acids is 2. The highest BCUT2D eigenvalue weighted by Crippen LogP contribution is 2.47. The fraction of sp³-hybridized carbons (Fsp3) is 0.300. The standard InChI is InChI=1S/C20H19F3N2O2/c1-13-4-2-3-5-14(13)12-24-17(26)19(10-11-19)18(27)25-16-8-6-15(7-9-16)20(21,22)23/h2-9H,10-12H2,1H3,(H,24,26)(H,25,27). The second-order valence-electron chi connectivity index (χ2n) is 6.72. The molecular formula is C20H19F3N2O2. The number of nitrogens with one attached hydrogen (secondary N) is 2. The first-order chi connectivity index (χ1) is 12.7. The fourth-order valence-corrected chi connectivity index (χ4v) is 2.83. The smallest absolute Gasteiger partial charge is 0.351 e. The Kier molecular flexibility index (Phi) is 4.95. The van der Waals surface area contributed by atoms with Gasteiger partial charge < -0.3 is 10.6 Å². The normalized spacial score (nSPS) is 15.1. The van der Waals surface area contributed by atoms with E-state index in [0.717, 1.165) is 23.3 Å². The van der Waals surface area contributed by atoms with Crippen molar-refractivity contribution in [3.8, 4) is 0 Å². The molecule has 0 spiro atoms. The van der Waals surface area contributed by atoms with Crippen molar-refractivity contribution in [3.63, 3.8) is 0 Å². The molecule has 1 fully saturated rings. The van der Waals surface area contributed by atoms with Crippen LogP contribution in [-0.4, -0.2) is 11.8 Å². The molecule has 0 aliphatic heterocycles. The monoisotopic (exact) mass is 376 g/mol. The second kappa shape index (κ2) is 7.06. The van der Waals surface area contributed by atoms with E-state index in [4.69, 9.17) is 0 Å². The predicted octanol–water partition coefficient (Wildman–Crippen LogP) is 4.05. The molecule has 0 unspecified atom stereocenters. The Hall–Kier alpha value is -2.83. The summed E-state index contributed by atoms with van der Waals surface area (Å²) in [5.41, 5.74) is 0.288. The van der Waals surface area contributed by atoms with E-state index in [2.05, 4.69) is 10.6 Å². The lowest BCUT2D eigenvalue weighted by molar-refractivity contribution is -0.137. The van der Waals surface area contributed by atoms with Gasteiger partial charge in [-0.3, -0.25) is 9.59 Å². The Labute approximate surface area is 154 Å². The quantitative estimate of drug-likeness (QED) is 0.774. The van der Waals surface area contributed by atoms with Crippen LogP contribution in [0.3, 0.4) is 0 Å². The summed E-state index contributed by atoms with van der Waals surface area (Å²) in [5, 5.41) is 5.34. The number of hydrogen-bond donors (Lipinski definition) is 2. The van der Waals surface area contributed by atoms with Gasteiger partial charge in [0, 0.05) is 12.2 Å². The van der Waals surface area contributed by atoms with E-state index in [-0.39, 0.29) is 11.6 Å². The van der Waals surface area contributed by atoms with Gasteiger partial charge in [-0.2, -0.15) is 13.2 Å². The molecule has 7 heteroatoms. The number of rotatable bonds is 5. The van der Waals surface area contributed by atoms with Gasteiger partial charge in [0.05, 0.1) is 5.56 Å². The van der Waals surface area contributed by atoms with Crippen molar-refractivity contribution in [1.82, 2.24) is 5.32 Å². The molecule has 1 saturated carbocycles. The molecule has 2 aromatic rings. The zero-order valence-electron chi connectivity index (χ0n) is 14.7. The van der Waals surface area contributed by atoms with Gasteiger partial charge in [-0.1, -0.05) is 24.3 Å². The summed E-state index contributed by atoms with van der Waals surface area (Å²) in [6.45, 7) is 2.26. The number of amides is 2. The highest BCUT2D eigenvalue weighted by Gasteiger charge is 2.56. The molecule has 0 atom stereocenters. The summed E-state index contributed by atoms with van der Waals surface area (Å²) in [7, 11) is 0. The number of benzene rings is 2. The van der Waals surface area contributed by atoms with Crippen LogP contribution in [0, 0.1) is 12.3 Å². The van der Waals surface area contributed by atoms with Crippen molar-refractivity contribution in [2.24, 2.45) is 5.41 Å². The van der Waals surface area contributed by atoms with E-state index in [1.807, 2.05) is 31.2 Å². The van der Waals surface area contributed by atoms with Gasteiger partial charge in [0.1, 0.15) is 5.41 Å². The molecule has 1 aliphatic carbocycles. The van der Waals surface area contributed by atoms with Gasteiger partial charge in [0.15, 0.2) is 0 Å². The maximum absolute atomic E-state index is 12.6. The van der Waals surface area contributed by atoms with Crippen LogP contribution < -0.4 is 10.6 Å². The SMILES string of the molecule is Cc1ccccc1CNC(=O)C1(C(=O)Nc2ccc(C(F)(F)F)cc2)CC1. The summed E-state index contributed by atoms with van der Waals surface area (Å²) in [6, 6.07) is 11.8. The summed E-state index contributed by atoms with van der Waals surface area (Å²) < 4.78 is 37.8. The molecular weight excluding hydrogens is 357 g/mol. The molecule has 2 amide bonds. The van der Waals surface area contributed by atoms with Crippen molar-refractivity contribution in [2.45, 2.75) is 32.5 Å². The van der Waals surface area contributed by atoms with E-state index >= 15 is 0 Å². The summed E-state index contributed by atoms with van der Waals surface area (Å²) in [4.78, 5) is 25.0. The summed E-state index contributed by atoms with van der Waals surface area (Å²) in [5.74, 6) is -0.861. The highest BCUT2D eigenvalue weighted by atomic mass is 19.4. The van der Waals surface area contributed by atoms with Gasteiger partial charge in [-0.25, -0.2) is 0 Å². The number of halogens is 3. The van der Waals surface area contributed by atoms with Crippen LogP contribution in [0.1, 0.15) is 29.5 Å². The number of anilines is 1. The molecule has 2 N–H and O–H groups in total. The molecule has 0 aromatic heterocycles. The molecule has 3 rings (SSSR count). The van der Waals surface area contributed by atoms with Crippen LogP contribution in [0.4, 0.5) is 18.9 Å². The predicted molar refractivity (Wildman–Crippen MR) is 94.8 cm³/mol. The Morgan fingerprint density at radius 3 is 2.19 bits per heavy atom. The van der Waals surface area contributed by atoms with Crippen molar-refractivity contribution < 1.29 is 22.8 Å². The van der Waals surface area contributed by atoms with Crippen molar-refractivity contribution in [3.05, 3.63) is 65.2 Å². The number of aryl methyl sites for hydroxylation is 1. The Balaban J connectivity index is 1.62. The molecule has 4 nitrogen and oxygen atoms in total. The summed E-state index contributed by atoms with van der Waals surface area (Å²) in [6.07, 6.45) is -3.60. The molecule has 142 valence electrons. The number of carbonyl (C=O) groups is 2. The van der Waals surface area contributed by atoms with Gasteiger partial charge in [0.2, 0.25) is 11.8 Å². The van der Waals surface area contributed by atoms with Crippen LogP contribution in [0.25, 0.3) is 0 Å². The largest absolute Gasteiger partial charge is 0.416 e. The van der Waals surface area contributed by atoms with Gasteiger partial charge in [0.25, 0.3) is 0 Å². The van der Waals surface area contributed by atoms with E-state index in [9.17, 15) is 22.8 Å². The maximum Gasteiger partial charge on any atom is 0.416 e. The van der Waals surface area contributed by atoms with E-state index in [0.29, 0.717) is 19.4 Å². The minimum atomic E-state index is -4.43. The van der Waals surface area contributed by atoms with Crippen LogP contribution in [0.5, 0.6) is 0 Å². The Bertz CT molecular complexity index is 856. The highest BCUT2D eigenvalue weighted by molar-refractivity contribution is 6.13. The minimum absolute atomic E-state index is 0.228. The third-order valence-corrected chi connectivity index (χ3v) is 4.79. The molecule has 27 heavy (non-hydrogen) atoms. The van der Waals surface area contributed by atoms with Crippen LogP contribution >= 0.6 is 0 Å². The van der Waals surface area contributed by atoms with Gasteiger partial charge in [-0.05, 0) is 55.2 Å². The zero-order valence-corrected chi connectivity index (χ0v) is 14.7. The minimum Gasteiger partial charge on any atom is -0.351 e. The van der Waals surface area contributed by atoms with Gasteiger partial charge in [-0.15, -0.1) is 0 Å². The van der Waals surface area contributed by atoms with Crippen molar-refractivity contribution in [2.75, 3.05) is 5.32 Å². The first-order valence-electron chi connectivity index (χ1n) is 8.54. The molecule has 2 aromatic carbocycles. The van der Waals surface area contributed by atoms with Crippen LogP contribution in [-0.2, 0) is 22.3 Å². The van der Waals surface area contributed by atoms with Crippen LogP contribution in [0.2, 0.25) is 0 Å². The average molecular weight is 376 g/mol. The zero-order chi connectivity index (χ0) is 19.7. The lowest BCUT2D eigenvalue weighted by Gasteiger charge is -2.16. The third-order valence-electron chi connectivity index (χ3n) is 4.79. The molecule has 0 radical (unpaired) electrons. The first-order valence-corrected chi connectivity index (χ1v) is 8.54. The molecule has 0 bridgehead atoms. The number of hydrogen-bond acceptors (Lipinski definition) is 2. The summed E-state index contributed by atoms with van der Waals surface area (Å²) >= 11 is 0. The topological polar surface area (TPSA) is 58.2 Å². The maximum atomic E-state index is 12.6. The Morgan fingerprint density at radius 1 is 1.00 bits per heavy atom. The van der Waals surface area contributed by atoms with Gasteiger partial charge >= 0.3 is 6.18 Å². The average Bonchev–Trinajstić information content (AvgIpc) is 3.42. The second-order valence-corrected chi connectivity index (χ2v) is 6.72. The van der Waals surface area contributed by atoms with E-state index in [1.54, 1.807) is 0 Å². The molecule has 1 aliphatic rings. The first kappa shape index (κ1) is 18.9. The Morgan fingerprint density at radius 2 is 1.63 bits per heavy atom. The molecule has 0 heterocycles. The lowest BCUT2D eigenvalue weighted by Crippen LogP contribution is -2.39. The van der Waals surface area contributed by atoms with E-state index < -0.39 is 23.1 Å². The number of alkyl halides is 3. The molecule has 0 saturated heterocycles. The lowest BCUT2D eigenvalue weighted by atomic mass is 10.0. The van der Waals surface area contributed by atoms with E-state index in [1.165, 1.54) is 12.1 Å². The fourth-order valence-electron chi connectivity index (χ4n) is 2.83. The van der Waals surface area contributed by atoms with Crippen molar-refractivity contribution in [1.29, 1.82) is 0 Å². The van der Waals surface area contributed by atoms with Crippen molar-refractivity contribution >= 4 is 17.5 Å². The van der Waals surface area contributed by atoms with Crippen LogP contribution in [0.15, 0.2) is 48.5 Å².